The first kappa shape index (κ1) is 36.7. The molecule has 0 aromatic heterocycles. The molecule has 0 radical (unpaired) electrons. The van der Waals surface area contributed by atoms with Crippen LogP contribution in [0.3, 0.4) is 0 Å². The van der Waals surface area contributed by atoms with Gasteiger partial charge in [0.2, 0.25) is 0 Å². The minimum absolute atomic E-state index is 0.0267. The molecular weight excluding hydrogens is 554 g/mol. The number of hydrogen-bond acceptors (Lipinski definition) is 7. The van der Waals surface area contributed by atoms with E-state index in [4.69, 9.17) is 25.7 Å². The van der Waals surface area contributed by atoms with E-state index in [-0.39, 0.29) is 22.1 Å². The molecule has 0 fully saturated rings. The number of rotatable bonds is 19. The van der Waals surface area contributed by atoms with Gasteiger partial charge in [0.05, 0.1) is 31.0 Å². The average molecular weight is 610 g/mol. The standard InChI is InChI=1S/C36H55N3O5/c1-9-36(7,38)35(6,26-34(3,4)5)27(2)43-22-14-12-10-11-13-15-23-44-32-21-16-28(25-33(32)42-8)24-31(37)29-17-19-30(20-18-29)39(40)41/h16-21,24-25H,2,9-15,22-23,26,37-38H2,1,3-8H3/b31-24-. The van der Waals surface area contributed by atoms with Gasteiger partial charge in [0.25, 0.3) is 5.69 Å². The predicted octanol–water partition coefficient (Wildman–Crippen LogP) is 8.88. The molecule has 2 aromatic rings. The number of nitro benzene ring substituents is 1. The third-order valence-electron chi connectivity index (χ3n) is 8.49. The Morgan fingerprint density at radius 2 is 1.52 bits per heavy atom. The SMILES string of the molecule is C=C(OCCCCCCCCOc1ccc(/C=C(\N)c2ccc([N+](=O)[O-])cc2)cc1OC)C(C)(CC(C)(C)C)C(C)(N)CC. The second kappa shape index (κ2) is 16.5. The summed E-state index contributed by atoms with van der Waals surface area (Å²) in [6.45, 7) is 18.8. The van der Waals surface area contributed by atoms with Crippen molar-refractivity contribution in [2.75, 3.05) is 20.3 Å². The quantitative estimate of drug-likeness (QED) is 0.0536. The highest BCUT2D eigenvalue weighted by atomic mass is 16.6. The minimum Gasteiger partial charge on any atom is -0.498 e. The molecule has 244 valence electrons. The Morgan fingerprint density at radius 1 is 0.932 bits per heavy atom. The molecule has 44 heavy (non-hydrogen) atoms. The van der Waals surface area contributed by atoms with Crippen LogP contribution >= 0.6 is 0 Å². The largest absolute Gasteiger partial charge is 0.498 e. The second-order valence-electron chi connectivity index (χ2n) is 13.4. The fourth-order valence-electron chi connectivity index (χ4n) is 5.45. The Kier molecular flexibility index (Phi) is 13.8. The van der Waals surface area contributed by atoms with Gasteiger partial charge in [0.15, 0.2) is 11.5 Å². The molecule has 2 rings (SSSR count). The molecule has 8 nitrogen and oxygen atoms in total. The molecule has 8 heteroatoms. The van der Waals surface area contributed by atoms with Crippen molar-refractivity contribution >= 4 is 17.5 Å². The van der Waals surface area contributed by atoms with Gasteiger partial charge < -0.3 is 25.7 Å². The molecule has 0 aliphatic rings. The van der Waals surface area contributed by atoms with Crippen LogP contribution in [0.25, 0.3) is 11.8 Å². The molecule has 2 aromatic carbocycles. The summed E-state index contributed by atoms with van der Waals surface area (Å²) in [7, 11) is 1.61. The first-order valence-electron chi connectivity index (χ1n) is 15.8. The van der Waals surface area contributed by atoms with Gasteiger partial charge in [-0.15, -0.1) is 0 Å². The Balaban J connectivity index is 1.73. The topological polar surface area (TPSA) is 123 Å². The lowest BCUT2D eigenvalue weighted by Crippen LogP contribution is -2.54. The van der Waals surface area contributed by atoms with Crippen LogP contribution in [-0.2, 0) is 4.74 Å². The number of hydrogen-bond donors (Lipinski definition) is 2. The van der Waals surface area contributed by atoms with Crippen LogP contribution in [0, 0.1) is 20.9 Å². The van der Waals surface area contributed by atoms with Crippen molar-refractivity contribution in [3.8, 4) is 11.5 Å². The molecule has 0 amide bonds. The molecule has 0 bridgehead atoms. The molecule has 0 spiro atoms. The molecule has 0 aliphatic carbocycles. The van der Waals surface area contributed by atoms with Gasteiger partial charge in [-0.3, -0.25) is 10.1 Å². The highest BCUT2D eigenvalue weighted by molar-refractivity contribution is 5.80. The van der Waals surface area contributed by atoms with Crippen LogP contribution in [0.15, 0.2) is 54.8 Å². The number of non-ortho nitro benzene ring substituents is 1. The van der Waals surface area contributed by atoms with Crippen LogP contribution in [0.4, 0.5) is 5.69 Å². The van der Waals surface area contributed by atoms with Gasteiger partial charge in [0, 0.05) is 28.8 Å². The highest BCUT2D eigenvalue weighted by Crippen LogP contribution is 2.47. The first-order chi connectivity index (χ1) is 20.6. The van der Waals surface area contributed by atoms with Gasteiger partial charge in [-0.2, -0.15) is 0 Å². The van der Waals surface area contributed by atoms with Crippen molar-refractivity contribution in [1.82, 2.24) is 0 Å². The number of unbranched alkanes of at least 4 members (excludes halogenated alkanes) is 5. The van der Waals surface area contributed by atoms with Gasteiger partial charge in [-0.25, -0.2) is 0 Å². The van der Waals surface area contributed by atoms with E-state index in [2.05, 4.69) is 48.1 Å². The molecule has 2 atom stereocenters. The zero-order valence-corrected chi connectivity index (χ0v) is 28.0. The number of ether oxygens (including phenoxy) is 3. The molecule has 0 aliphatic heterocycles. The average Bonchev–Trinajstić information content (AvgIpc) is 2.97. The number of nitrogens with two attached hydrogens (primary N) is 2. The molecular formula is C36H55N3O5. The lowest BCUT2D eigenvalue weighted by Gasteiger charge is -2.47. The van der Waals surface area contributed by atoms with Crippen LogP contribution in [0.2, 0.25) is 0 Å². The summed E-state index contributed by atoms with van der Waals surface area (Å²) in [6.07, 6.45) is 10.1. The zero-order valence-electron chi connectivity index (χ0n) is 28.0. The van der Waals surface area contributed by atoms with Crippen LogP contribution in [0.1, 0.15) is 104 Å². The van der Waals surface area contributed by atoms with Gasteiger partial charge in [0.1, 0.15) is 0 Å². The van der Waals surface area contributed by atoms with E-state index in [1.807, 2.05) is 18.2 Å². The summed E-state index contributed by atoms with van der Waals surface area (Å²) in [5.74, 6) is 2.12. The zero-order chi connectivity index (χ0) is 33.0. The summed E-state index contributed by atoms with van der Waals surface area (Å²) in [5.41, 5.74) is 14.5. The summed E-state index contributed by atoms with van der Waals surface area (Å²) in [4.78, 5) is 10.4. The van der Waals surface area contributed by atoms with Crippen molar-refractivity contribution in [1.29, 1.82) is 0 Å². The van der Waals surface area contributed by atoms with E-state index in [9.17, 15) is 10.1 Å². The van der Waals surface area contributed by atoms with Crippen LogP contribution < -0.4 is 20.9 Å². The Hall–Kier alpha value is -3.52. The Bertz CT molecular complexity index is 1250. The summed E-state index contributed by atoms with van der Waals surface area (Å²) >= 11 is 0. The normalized spacial score (nSPS) is 14.8. The van der Waals surface area contributed by atoms with Crippen molar-refractivity contribution in [3.05, 3.63) is 76.0 Å². The number of methoxy groups -OCH3 is 1. The number of benzene rings is 2. The molecule has 0 saturated heterocycles. The third kappa shape index (κ3) is 10.9. The van der Waals surface area contributed by atoms with E-state index < -0.39 is 4.92 Å². The maximum Gasteiger partial charge on any atom is 0.269 e. The fourth-order valence-corrected chi connectivity index (χ4v) is 5.45. The van der Waals surface area contributed by atoms with E-state index in [1.54, 1.807) is 25.3 Å². The van der Waals surface area contributed by atoms with Crippen molar-refractivity contribution < 1.29 is 19.1 Å². The van der Waals surface area contributed by atoms with Crippen molar-refractivity contribution in [2.45, 2.75) is 98.4 Å². The maximum atomic E-state index is 10.9. The minimum atomic E-state index is -0.433. The van der Waals surface area contributed by atoms with E-state index in [1.165, 1.54) is 12.1 Å². The van der Waals surface area contributed by atoms with Gasteiger partial charge in [-0.1, -0.05) is 72.9 Å². The lowest BCUT2D eigenvalue weighted by molar-refractivity contribution is -0.384. The van der Waals surface area contributed by atoms with Crippen LogP contribution in [-0.4, -0.2) is 30.8 Å². The molecule has 4 N–H and O–H groups in total. The number of nitrogens with zero attached hydrogens (tertiary/aromatic N) is 1. The summed E-state index contributed by atoms with van der Waals surface area (Å²) in [6, 6.07) is 11.8. The Labute approximate surface area is 265 Å². The maximum absolute atomic E-state index is 10.9. The molecule has 0 saturated carbocycles. The fraction of sp³-hybridized carbons (Fsp3) is 0.556. The summed E-state index contributed by atoms with van der Waals surface area (Å²) < 4.78 is 17.7. The number of nitro groups is 1. The lowest BCUT2D eigenvalue weighted by atomic mass is 9.62. The first-order valence-corrected chi connectivity index (χ1v) is 15.8. The predicted molar refractivity (Wildman–Crippen MR) is 182 cm³/mol. The second-order valence-corrected chi connectivity index (χ2v) is 13.4. The van der Waals surface area contributed by atoms with Gasteiger partial charge >= 0.3 is 0 Å². The van der Waals surface area contributed by atoms with Crippen molar-refractivity contribution in [3.63, 3.8) is 0 Å². The smallest absolute Gasteiger partial charge is 0.269 e. The molecule has 0 heterocycles. The molecule has 2 unspecified atom stereocenters. The van der Waals surface area contributed by atoms with Crippen LogP contribution in [0.5, 0.6) is 11.5 Å². The Morgan fingerprint density at radius 3 is 2.07 bits per heavy atom. The van der Waals surface area contributed by atoms with Gasteiger partial charge in [-0.05, 0) is 79.5 Å². The van der Waals surface area contributed by atoms with E-state index in [0.29, 0.717) is 36.0 Å². The summed E-state index contributed by atoms with van der Waals surface area (Å²) in [5, 5.41) is 10.9. The monoisotopic (exact) mass is 609 g/mol. The third-order valence-corrected chi connectivity index (χ3v) is 8.49. The van der Waals surface area contributed by atoms with Crippen molar-refractivity contribution in [2.24, 2.45) is 22.3 Å². The van der Waals surface area contributed by atoms with E-state index >= 15 is 0 Å². The highest BCUT2D eigenvalue weighted by Gasteiger charge is 2.46. The van der Waals surface area contributed by atoms with E-state index in [0.717, 1.165) is 62.7 Å².